The highest BCUT2D eigenvalue weighted by Gasteiger charge is 2.40. The smallest absolute Gasteiger partial charge is 0.271 e. The summed E-state index contributed by atoms with van der Waals surface area (Å²) in [6.45, 7) is 3.54. The van der Waals surface area contributed by atoms with E-state index in [9.17, 15) is 9.59 Å². The average molecular weight is 365 g/mol. The molecule has 2 aromatic rings. The fourth-order valence-corrected chi connectivity index (χ4v) is 2.88. The van der Waals surface area contributed by atoms with Gasteiger partial charge in [0.2, 0.25) is 11.5 Å². The summed E-state index contributed by atoms with van der Waals surface area (Å²) in [5.74, 6) is -0.294. The van der Waals surface area contributed by atoms with Gasteiger partial charge in [-0.25, -0.2) is 0 Å². The maximum absolute atomic E-state index is 12.4. The Bertz CT molecular complexity index is 847. The Morgan fingerprint density at radius 3 is 2.26 bits per heavy atom. The third-order valence-electron chi connectivity index (χ3n) is 4.39. The monoisotopic (exact) mass is 365 g/mol. The van der Waals surface area contributed by atoms with Crippen LogP contribution in [0.5, 0.6) is 0 Å². The molecule has 0 aliphatic carbocycles. The van der Waals surface area contributed by atoms with Crippen molar-refractivity contribution in [1.82, 2.24) is 0 Å². The third kappa shape index (κ3) is 4.94. The zero-order chi connectivity index (χ0) is 19.3. The van der Waals surface area contributed by atoms with E-state index < -0.39 is 5.60 Å². The van der Waals surface area contributed by atoms with Crippen LogP contribution in [0, 0.1) is 0 Å². The fourth-order valence-electron chi connectivity index (χ4n) is 2.88. The van der Waals surface area contributed by atoms with Crippen LogP contribution in [0.25, 0.3) is 0 Å². The van der Waals surface area contributed by atoms with E-state index in [0.717, 1.165) is 11.3 Å². The van der Waals surface area contributed by atoms with Crippen molar-refractivity contribution < 1.29 is 14.4 Å². The molecule has 0 saturated carbocycles. The Kier molecular flexibility index (Phi) is 5.54. The van der Waals surface area contributed by atoms with Crippen molar-refractivity contribution in [1.29, 1.82) is 0 Å². The zero-order valence-corrected chi connectivity index (χ0v) is 15.5. The number of carbonyl (C=O) groups is 2. The van der Waals surface area contributed by atoms with Crippen molar-refractivity contribution >= 4 is 28.9 Å². The number of nitrogens with one attached hydrogen (secondary N) is 2. The molecule has 3 rings (SSSR count). The van der Waals surface area contributed by atoms with Gasteiger partial charge in [-0.2, -0.15) is 0 Å². The van der Waals surface area contributed by atoms with Crippen molar-refractivity contribution in [2.45, 2.75) is 38.7 Å². The molecule has 0 fully saturated rings. The number of carbonyl (C=O) groups excluding carboxylic acids is 2. The molecular weight excluding hydrogens is 342 g/mol. The van der Waals surface area contributed by atoms with Crippen molar-refractivity contribution in [3.05, 3.63) is 60.2 Å². The van der Waals surface area contributed by atoms with Crippen molar-refractivity contribution in [3.63, 3.8) is 0 Å². The lowest BCUT2D eigenvalue weighted by Gasteiger charge is -2.20. The van der Waals surface area contributed by atoms with Crippen molar-refractivity contribution in [2.75, 3.05) is 10.6 Å². The first-order valence-electron chi connectivity index (χ1n) is 8.91. The van der Waals surface area contributed by atoms with Gasteiger partial charge in [-0.15, -0.1) is 0 Å². The van der Waals surface area contributed by atoms with Gasteiger partial charge >= 0.3 is 0 Å². The van der Waals surface area contributed by atoms with Gasteiger partial charge in [-0.3, -0.25) is 9.59 Å². The molecule has 27 heavy (non-hydrogen) atoms. The number of hydrogen-bond acceptors (Lipinski definition) is 4. The minimum Gasteiger partial charge on any atom is -0.379 e. The fraction of sp³-hybridized carbons (Fsp3) is 0.286. The SMILES string of the molecule is CC1=NOC(C)(C(=O)Nc2ccc(NC(=O)CCc3ccccc3)cc2)C1. The summed E-state index contributed by atoms with van der Waals surface area (Å²) in [5.41, 5.74) is 2.27. The van der Waals surface area contributed by atoms with Crippen LogP contribution in [0.4, 0.5) is 11.4 Å². The Hall–Kier alpha value is -3.15. The van der Waals surface area contributed by atoms with Gasteiger partial charge in [-0.05, 0) is 50.1 Å². The first-order chi connectivity index (χ1) is 12.9. The molecule has 2 aromatic carbocycles. The lowest BCUT2D eigenvalue weighted by molar-refractivity contribution is -0.135. The molecular formula is C21H23N3O3. The van der Waals surface area contributed by atoms with Crippen LogP contribution < -0.4 is 10.6 Å². The van der Waals surface area contributed by atoms with Crippen LogP contribution in [0.3, 0.4) is 0 Å². The number of nitrogens with zero attached hydrogens (tertiary/aromatic N) is 1. The number of rotatable bonds is 6. The van der Waals surface area contributed by atoms with Gasteiger partial charge in [0, 0.05) is 24.2 Å². The summed E-state index contributed by atoms with van der Waals surface area (Å²) in [6.07, 6.45) is 1.58. The number of benzene rings is 2. The molecule has 1 aliphatic heterocycles. The molecule has 0 spiro atoms. The van der Waals surface area contributed by atoms with Crippen molar-refractivity contribution in [2.24, 2.45) is 5.16 Å². The number of oxime groups is 1. The second-order valence-corrected chi connectivity index (χ2v) is 6.89. The molecule has 1 unspecified atom stereocenters. The van der Waals surface area contributed by atoms with Gasteiger partial charge in [0.15, 0.2) is 0 Å². The number of aryl methyl sites for hydroxylation is 1. The zero-order valence-electron chi connectivity index (χ0n) is 15.5. The second-order valence-electron chi connectivity index (χ2n) is 6.89. The van der Waals surface area contributed by atoms with E-state index in [1.54, 1.807) is 31.2 Å². The first-order valence-corrected chi connectivity index (χ1v) is 8.91. The largest absolute Gasteiger partial charge is 0.379 e. The predicted octanol–water partition coefficient (Wildman–Crippen LogP) is 3.75. The lowest BCUT2D eigenvalue weighted by Crippen LogP contribution is -2.40. The van der Waals surface area contributed by atoms with E-state index in [1.807, 2.05) is 37.3 Å². The molecule has 6 nitrogen and oxygen atoms in total. The molecule has 0 saturated heterocycles. The molecule has 2 N–H and O–H groups in total. The van der Waals surface area contributed by atoms with Gasteiger partial charge in [0.05, 0.1) is 5.71 Å². The summed E-state index contributed by atoms with van der Waals surface area (Å²) in [5, 5.41) is 9.54. The molecule has 0 radical (unpaired) electrons. The highest BCUT2D eigenvalue weighted by Crippen LogP contribution is 2.25. The lowest BCUT2D eigenvalue weighted by atomic mass is 9.99. The molecule has 1 atom stereocenters. The van der Waals surface area contributed by atoms with Gasteiger partial charge in [0.25, 0.3) is 5.91 Å². The van der Waals surface area contributed by atoms with Crippen LogP contribution in [-0.4, -0.2) is 23.1 Å². The maximum Gasteiger partial charge on any atom is 0.271 e. The van der Waals surface area contributed by atoms with Gasteiger partial charge in [0.1, 0.15) is 0 Å². The molecule has 140 valence electrons. The summed E-state index contributed by atoms with van der Waals surface area (Å²) < 4.78 is 0. The summed E-state index contributed by atoms with van der Waals surface area (Å²) in [4.78, 5) is 29.7. The molecule has 1 heterocycles. The molecule has 2 amide bonds. The van der Waals surface area contributed by atoms with E-state index in [4.69, 9.17) is 4.84 Å². The summed E-state index contributed by atoms with van der Waals surface area (Å²) >= 11 is 0. The van der Waals surface area contributed by atoms with Crippen LogP contribution in [-0.2, 0) is 20.8 Å². The average Bonchev–Trinajstić information content (AvgIpc) is 3.03. The van der Waals surface area contributed by atoms with E-state index in [-0.39, 0.29) is 11.8 Å². The first kappa shape index (κ1) is 18.6. The predicted molar refractivity (Wildman–Crippen MR) is 106 cm³/mol. The van der Waals surface area contributed by atoms with Crippen molar-refractivity contribution in [3.8, 4) is 0 Å². The van der Waals surface area contributed by atoms with Gasteiger partial charge in [-0.1, -0.05) is 35.5 Å². The van der Waals surface area contributed by atoms with E-state index in [0.29, 0.717) is 30.6 Å². The van der Waals surface area contributed by atoms with E-state index in [1.165, 1.54) is 0 Å². The van der Waals surface area contributed by atoms with E-state index in [2.05, 4.69) is 15.8 Å². The minimum absolute atomic E-state index is 0.0462. The molecule has 1 aliphatic rings. The van der Waals surface area contributed by atoms with Crippen LogP contribution in [0.1, 0.15) is 32.3 Å². The normalized spacial score (nSPS) is 18.4. The molecule has 0 bridgehead atoms. The molecule has 0 aromatic heterocycles. The topological polar surface area (TPSA) is 79.8 Å². The van der Waals surface area contributed by atoms with Crippen LogP contribution in [0.2, 0.25) is 0 Å². The van der Waals surface area contributed by atoms with E-state index >= 15 is 0 Å². The van der Waals surface area contributed by atoms with Gasteiger partial charge < -0.3 is 15.5 Å². The maximum atomic E-state index is 12.4. The summed E-state index contributed by atoms with van der Waals surface area (Å²) in [6, 6.07) is 16.9. The highest BCUT2D eigenvalue weighted by molar-refractivity contribution is 6.01. The Morgan fingerprint density at radius 1 is 1.04 bits per heavy atom. The van der Waals surface area contributed by atoms with Crippen LogP contribution in [0.15, 0.2) is 59.8 Å². The van der Waals surface area contributed by atoms with Crippen LogP contribution >= 0.6 is 0 Å². The number of hydrogen-bond donors (Lipinski definition) is 2. The second kappa shape index (κ2) is 8.03. The number of amides is 2. The quantitative estimate of drug-likeness (QED) is 0.818. The minimum atomic E-state index is -0.978. The Labute approximate surface area is 158 Å². The molecule has 6 heteroatoms. The highest BCUT2D eigenvalue weighted by atomic mass is 16.7. The Morgan fingerprint density at radius 2 is 1.67 bits per heavy atom. The number of anilines is 2. The summed E-state index contributed by atoms with van der Waals surface area (Å²) in [7, 11) is 0. The third-order valence-corrected chi connectivity index (χ3v) is 4.39. The Balaban J connectivity index is 1.50. The standard InChI is InChI=1S/C21H23N3O3/c1-15-14-21(2,27-24-15)20(26)23-18-11-9-17(10-12-18)22-19(25)13-8-16-6-4-3-5-7-16/h3-7,9-12H,8,13-14H2,1-2H3,(H,22,25)(H,23,26).